The number of carbonyl (C=O) groups excluding carboxylic acids is 1. The quantitative estimate of drug-likeness (QED) is 0.451. The van der Waals surface area contributed by atoms with Crippen LogP contribution in [-0.2, 0) is 28.3 Å². The zero-order valence-corrected chi connectivity index (χ0v) is 24.1. The SMILES string of the molecule is CN1CCN(Cc2cccc(C(NCC(=O)N3CCC4(CC3)OCc3ccccc34)c3ccc(Cl)cc3)c2)CC1. The molecular formula is C33H39ClN4O2. The summed E-state index contributed by atoms with van der Waals surface area (Å²) in [5.41, 5.74) is 5.91. The standard InChI is InChI=1S/C33H39ClN4O2/c1-36-17-19-37(20-18-36)23-25-5-4-7-27(21-25)32(26-9-11-29(34)12-10-26)35-22-31(39)38-15-13-33(14-16-38)30-8-3-2-6-28(30)24-40-33/h2-12,21,32,35H,13-20,22-24H2,1H3. The number of ether oxygens (including phenoxy) is 1. The van der Waals surface area contributed by atoms with Gasteiger partial charge in [0.2, 0.25) is 5.91 Å². The highest BCUT2D eigenvalue weighted by Crippen LogP contribution is 2.44. The molecule has 6 rings (SSSR count). The number of likely N-dealkylation sites (tertiary alicyclic amines) is 1. The lowest BCUT2D eigenvalue weighted by molar-refractivity contribution is -0.137. The molecule has 3 aromatic carbocycles. The van der Waals surface area contributed by atoms with E-state index >= 15 is 0 Å². The van der Waals surface area contributed by atoms with Crippen LogP contribution in [0.2, 0.25) is 5.02 Å². The predicted octanol–water partition coefficient (Wildman–Crippen LogP) is 4.81. The molecule has 2 fully saturated rings. The van der Waals surface area contributed by atoms with E-state index in [-0.39, 0.29) is 24.1 Å². The minimum atomic E-state index is -0.239. The van der Waals surface area contributed by atoms with Gasteiger partial charge in [-0.25, -0.2) is 0 Å². The van der Waals surface area contributed by atoms with Crippen LogP contribution < -0.4 is 5.32 Å². The van der Waals surface area contributed by atoms with Crippen molar-refractivity contribution in [2.24, 2.45) is 0 Å². The number of benzene rings is 3. The Morgan fingerprint density at radius 1 is 0.925 bits per heavy atom. The number of halogens is 1. The van der Waals surface area contributed by atoms with Crippen molar-refractivity contribution in [3.63, 3.8) is 0 Å². The molecule has 1 N–H and O–H groups in total. The Morgan fingerprint density at radius 3 is 2.45 bits per heavy atom. The van der Waals surface area contributed by atoms with E-state index in [1.54, 1.807) is 0 Å². The highest BCUT2D eigenvalue weighted by atomic mass is 35.5. The van der Waals surface area contributed by atoms with Gasteiger partial charge >= 0.3 is 0 Å². The van der Waals surface area contributed by atoms with Gasteiger partial charge in [0.15, 0.2) is 0 Å². The molecule has 3 aromatic rings. The molecule has 210 valence electrons. The van der Waals surface area contributed by atoms with E-state index in [2.05, 4.69) is 82.8 Å². The van der Waals surface area contributed by atoms with Crippen molar-refractivity contribution >= 4 is 17.5 Å². The summed E-state index contributed by atoms with van der Waals surface area (Å²) >= 11 is 6.22. The third-order valence-electron chi connectivity index (χ3n) is 8.88. The van der Waals surface area contributed by atoms with Crippen LogP contribution in [0, 0.1) is 0 Å². The molecule has 3 aliphatic rings. The first kappa shape index (κ1) is 27.4. The third-order valence-corrected chi connectivity index (χ3v) is 9.14. The molecule has 0 radical (unpaired) electrons. The molecule has 2 saturated heterocycles. The normalized spacial score (nSPS) is 20.0. The van der Waals surface area contributed by atoms with Crippen molar-refractivity contribution < 1.29 is 9.53 Å². The van der Waals surface area contributed by atoms with Gasteiger partial charge < -0.3 is 14.5 Å². The maximum Gasteiger partial charge on any atom is 0.236 e. The van der Waals surface area contributed by atoms with Gasteiger partial charge in [-0.05, 0) is 59.8 Å². The van der Waals surface area contributed by atoms with Crippen LogP contribution >= 0.6 is 11.6 Å². The second kappa shape index (κ2) is 12.0. The number of hydrogen-bond acceptors (Lipinski definition) is 5. The minimum Gasteiger partial charge on any atom is -0.365 e. The van der Waals surface area contributed by atoms with Crippen molar-refractivity contribution in [3.05, 3.63) is 106 Å². The van der Waals surface area contributed by atoms with Crippen LogP contribution in [-0.4, -0.2) is 73.5 Å². The first-order chi connectivity index (χ1) is 19.5. The van der Waals surface area contributed by atoms with Gasteiger partial charge in [-0.1, -0.05) is 72.3 Å². The lowest BCUT2D eigenvalue weighted by Crippen LogP contribution is -2.48. The van der Waals surface area contributed by atoms with Crippen molar-refractivity contribution in [1.82, 2.24) is 20.0 Å². The molecule has 1 atom stereocenters. The fraction of sp³-hybridized carbons (Fsp3) is 0.424. The Balaban J connectivity index is 1.12. The summed E-state index contributed by atoms with van der Waals surface area (Å²) in [5, 5.41) is 4.31. The van der Waals surface area contributed by atoms with Crippen molar-refractivity contribution in [2.45, 2.75) is 37.6 Å². The number of likely N-dealkylation sites (N-methyl/N-ethyl adjacent to an activating group) is 1. The van der Waals surface area contributed by atoms with Gasteiger partial charge in [-0.2, -0.15) is 0 Å². The first-order valence-corrected chi connectivity index (χ1v) is 14.9. The summed E-state index contributed by atoms with van der Waals surface area (Å²) in [7, 11) is 2.19. The zero-order valence-electron chi connectivity index (χ0n) is 23.3. The molecule has 1 amide bonds. The van der Waals surface area contributed by atoms with Crippen LogP contribution in [0.25, 0.3) is 0 Å². The molecule has 3 heterocycles. The van der Waals surface area contributed by atoms with E-state index in [9.17, 15) is 4.79 Å². The Labute approximate surface area is 242 Å². The van der Waals surface area contributed by atoms with Crippen molar-refractivity contribution in [2.75, 3.05) is 52.9 Å². The fourth-order valence-corrected chi connectivity index (χ4v) is 6.56. The second-order valence-electron chi connectivity index (χ2n) is 11.5. The molecule has 6 nitrogen and oxygen atoms in total. The first-order valence-electron chi connectivity index (χ1n) is 14.5. The molecule has 0 bridgehead atoms. The Kier molecular flexibility index (Phi) is 8.24. The maximum absolute atomic E-state index is 13.4. The number of rotatable bonds is 7. The van der Waals surface area contributed by atoms with E-state index in [0.29, 0.717) is 24.7 Å². The van der Waals surface area contributed by atoms with Crippen LogP contribution in [0.3, 0.4) is 0 Å². The number of carbonyl (C=O) groups is 1. The van der Waals surface area contributed by atoms with Gasteiger partial charge in [0.25, 0.3) is 0 Å². The number of piperidine rings is 1. The van der Waals surface area contributed by atoms with E-state index in [4.69, 9.17) is 16.3 Å². The van der Waals surface area contributed by atoms with Crippen LogP contribution in [0.4, 0.5) is 0 Å². The molecule has 0 aromatic heterocycles. The van der Waals surface area contributed by atoms with E-state index < -0.39 is 0 Å². The van der Waals surface area contributed by atoms with Gasteiger partial charge in [0.05, 0.1) is 24.8 Å². The predicted molar refractivity (Wildman–Crippen MR) is 159 cm³/mol. The number of hydrogen-bond donors (Lipinski definition) is 1. The molecule has 1 spiro atoms. The zero-order chi connectivity index (χ0) is 27.5. The van der Waals surface area contributed by atoms with Crippen molar-refractivity contribution in [1.29, 1.82) is 0 Å². The molecule has 3 aliphatic heterocycles. The smallest absolute Gasteiger partial charge is 0.236 e. The van der Waals surface area contributed by atoms with Gasteiger partial charge in [0.1, 0.15) is 0 Å². The summed E-state index contributed by atoms with van der Waals surface area (Å²) in [4.78, 5) is 20.3. The van der Waals surface area contributed by atoms with Gasteiger partial charge in [0, 0.05) is 50.8 Å². The monoisotopic (exact) mass is 558 g/mol. The van der Waals surface area contributed by atoms with Crippen molar-refractivity contribution in [3.8, 4) is 0 Å². The minimum absolute atomic E-state index is 0.102. The van der Waals surface area contributed by atoms with Gasteiger partial charge in [-0.3, -0.25) is 15.0 Å². The summed E-state index contributed by atoms with van der Waals surface area (Å²) in [6, 6.07) is 25.1. The fourth-order valence-electron chi connectivity index (χ4n) is 6.44. The largest absolute Gasteiger partial charge is 0.365 e. The Hall–Kier alpha value is -2.74. The summed E-state index contributed by atoms with van der Waals surface area (Å²) < 4.78 is 6.30. The molecule has 0 aliphatic carbocycles. The topological polar surface area (TPSA) is 48.0 Å². The van der Waals surface area contributed by atoms with Crippen LogP contribution in [0.15, 0.2) is 72.8 Å². The summed E-state index contributed by atoms with van der Waals surface area (Å²) in [6.45, 7) is 7.68. The lowest BCUT2D eigenvalue weighted by Gasteiger charge is -2.39. The number of amides is 1. The van der Waals surface area contributed by atoms with Crippen LogP contribution in [0.5, 0.6) is 0 Å². The third kappa shape index (κ3) is 5.97. The highest BCUT2D eigenvalue weighted by Gasteiger charge is 2.43. The van der Waals surface area contributed by atoms with E-state index in [0.717, 1.165) is 56.7 Å². The van der Waals surface area contributed by atoms with E-state index in [1.807, 2.05) is 17.0 Å². The Morgan fingerprint density at radius 2 is 1.68 bits per heavy atom. The second-order valence-corrected chi connectivity index (χ2v) is 11.9. The lowest BCUT2D eigenvalue weighted by atomic mass is 9.84. The molecule has 40 heavy (non-hydrogen) atoms. The van der Waals surface area contributed by atoms with E-state index in [1.165, 1.54) is 16.7 Å². The van der Waals surface area contributed by atoms with Crippen LogP contribution in [0.1, 0.15) is 46.7 Å². The number of fused-ring (bicyclic) bond motifs is 2. The molecule has 0 saturated carbocycles. The average molecular weight is 559 g/mol. The molecule has 7 heteroatoms. The number of nitrogens with one attached hydrogen (secondary N) is 1. The highest BCUT2D eigenvalue weighted by molar-refractivity contribution is 6.30. The average Bonchev–Trinajstić information content (AvgIpc) is 3.33. The molecular weight excluding hydrogens is 520 g/mol. The maximum atomic E-state index is 13.4. The summed E-state index contributed by atoms with van der Waals surface area (Å²) in [5.74, 6) is 0.133. The molecule has 1 unspecified atom stereocenters. The van der Waals surface area contributed by atoms with Gasteiger partial charge in [-0.15, -0.1) is 0 Å². The summed E-state index contributed by atoms with van der Waals surface area (Å²) in [6.07, 6.45) is 1.68. The Bertz CT molecular complexity index is 1310. The number of nitrogens with zero attached hydrogens (tertiary/aromatic N) is 3. The number of piperazine rings is 1.